The molecule has 19 heavy (non-hydrogen) atoms. The summed E-state index contributed by atoms with van der Waals surface area (Å²) in [6.45, 7) is 3.60. The van der Waals surface area contributed by atoms with Crippen molar-refractivity contribution in [3.63, 3.8) is 0 Å². The number of guanidine groups is 1. The average molecular weight is 279 g/mol. The van der Waals surface area contributed by atoms with Crippen molar-refractivity contribution in [3.05, 3.63) is 35.0 Å². The molecule has 4 nitrogen and oxygen atoms in total. The topological polar surface area (TPSA) is 66.2 Å². The first-order chi connectivity index (χ1) is 9.20. The number of halogens is 1. The van der Waals surface area contributed by atoms with E-state index in [0.717, 1.165) is 36.5 Å². The van der Waals surface area contributed by atoms with Crippen molar-refractivity contribution in [3.8, 4) is 0 Å². The van der Waals surface area contributed by atoms with Crippen LogP contribution < -0.4 is 11.1 Å². The smallest absolute Gasteiger partial charge is 0.188 e. The van der Waals surface area contributed by atoms with E-state index in [-0.39, 0.29) is 0 Å². The van der Waals surface area contributed by atoms with Gasteiger partial charge in [-0.2, -0.15) is 0 Å². The summed E-state index contributed by atoms with van der Waals surface area (Å²) in [6, 6.07) is 5.86. The van der Waals surface area contributed by atoms with Crippen molar-refractivity contribution in [2.24, 2.45) is 10.7 Å². The number of fused-ring (bicyclic) bond motifs is 1. The molecule has 102 valence electrons. The van der Waals surface area contributed by atoms with Crippen LogP contribution in [0, 0.1) is 0 Å². The highest BCUT2D eigenvalue weighted by Gasteiger charge is 2.04. The van der Waals surface area contributed by atoms with Gasteiger partial charge in [0, 0.05) is 35.2 Å². The molecule has 0 atom stereocenters. The van der Waals surface area contributed by atoms with Gasteiger partial charge in [-0.3, -0.25) is 4.99 Å². The number of aliphatic imine (C=N–C) groups is 1. The van der Waals surface area contributed by atoms with E-state index >= 15 is 0 Å². The minimum atomic E-state index is 0.514. The predicted octanol–water partition coefficient (Wildman–Crippen LogP) is 2.68. The Morgan fingerprint density at radius 3 is 3.11 bits per heavy atom. The Hall–Kier alpha value is -1.68. The van der Waals surface area contributed by atoms with Crippen molar-refractivity contribution < 1.29 is 0 Å². The van der Waals surface area contributed by atoms with Crippen LogP contribution >= 0.6 is 11.6 Å². The van der Waals surface area contributed by atoms with Crippen LogP contribution in [0.15, 0.2) is 29.4 Å². The highest BCUT2D eigenvalue weighted by atomic mass is 35.5. The fraction of sp³-hybridized carbons (Fsp3) is 0.357. The van der Waals surface area contributed by atoms with Gasteiger partial charge < -0.3 is 16.0 Å². The van der Waals surface area contributed by atoms with Gasteiger partial charge in [0.05, 0.1) is 0 Å². The van der Waals surface area contributed by atoms with Gasteiger partial charge in [-0.15, -0.1) is 0 Å². The number of nitrogens with two attached hydrogens (primary N) is 1. The van der Waals surface area contributed by atoms with E-state index in [1.807, 2.05) is 24.4 Å². The maximum absolute atomic E-state index is 6.02. The van der Waals surface area contributed by atoms with Crippen LogP contribution in [0.3, 0.4) is 0 Å². The summed E-state index contributed by atoms with van der Waals surface area (Å²) in [5.74, 6) is 0.514. The third kappa shape index (κ3) is 3.64. The van der Waals surface area contributed by atoms with Crippen LogP contribution in [0.5, 0.6) is 0 Å². The Morgan fingerprint density at radius 2 is 2.32 bits per heavy atom. The van der Waals surface area contributed by atoms with E-state index in [1.165, 1.54) is 10.9 Å². The van der Waals surface area contributed by atoms with Crippen LogP contribution in [0.4, 0.5) is 0 Å². The summed E-state index contributed by atoms with van der Waals surface area (Å²) >= 11 is 6.02. The molecule has 0 amide bonds. The SMILES string of the molecule is CCCN=C(N)NCCc1c[nH]c2ccc(Cl)cc12. The summed E-state index contributed by atoms with van der Waals surface area (Å²) in [5.41, 5.74) is 8.08. The minimum absolute atomic E-state index is 0.514. The molecule has 0 radical (unpaired) electrons. The maximum Gasteiger partial charge on any atom is 0.188 e. The minimum Gasteiger partial charge on any atom is -0.370 e. The average Bonchev–Trinajstić information content (AvgIpc) is 2.79. The molecule has 0 spiro atoms. The molecule has 1 aromatic heterocycles. The van der Waals surface area contributed by atoms with Crippen molar-refractivity contribution in [2.75, 3.05) is 13.1 Å². The zero-order valence-corrected chi connectivity index (χ0v) is 11.8. The van der Waals surface area contributed by atoms with E-state index in [4.69, 9.17) is 17.3 Å². The normalized spacial score (nSPS) is 12.0. The molecule has 0 aliphatic heterocycles. The fourth-order valence-electron chi connectivity index (χ4n) is 1.97. The summed E-state index contributed by atoms with van der Waals surface area (Å²) in [4.78, 5) is 7.43. The summed E-state index contributed by atoms with van der Waals surface area (Å²) in [5, 5.41) is 5.04. The highest BCUT2D eigenvalue weighted by Crippen LogP contribution is 2.22. The molecule has 0 aliphatic rings. The zero-order chi connectivity index (χ0) is 13.7. The monoisotopic (exact) mass is 278 g/mol. The largest absolute Gasteiger partial charge is 0.370 e. The van der Waals surface area contributed by atoms with Gasteiger partial charge in [-0.05, 0) is 36.6 Å². The van der Waals surface area contributed by atoms with E-state index in [0.29, 0.717) is 5.96 Å². The van der Waals surface area contributed by atoms with Crippen LogP contribution in [-0.4, -0.2) is 24.0 Å². The molecule has 0 bridgehead atoms. The molecule has 0 unspecified atom stereocenters. The lowest BCUT2D eigenvalue weighted by Crippen LogP contribution is -2.33. The molecular weight excluding hydrogens is 260 g/mol. The van der Waals surface area contributed by atoms with E-state index in [2.05, 4.69) is 22.2 Å². The van der Waals surface area contributed by atoms with Crippen LogP contribution in [0.2, 0.25) is 5.02 Å². The molecule has 4 N–H and O–H groups in total. The maximum atomic E-state index is 6.02. The van der Waals surface area contributed by atoms with E-state index in [1.54, 1.807) is 0 Å². The quantitative estimate of drug-likeness (QED) is 0.581. The number of nitrogens with zero attached hydrogens (tertiary/aromatic N) is 1. The molecular formula is C14H19ClN4. The fourth-order valence-corrected chi connectivity index (χ4v) is 2.14. The van der Waals surface area contributed by atoms with Gasteiger partial charge >= 0.3 is 0 Å². The molecule has 2 aromatic rings. The molecule has 0 saturated carbocycles. The summed E-state index contributed by atoms with van der Waals surface area (Å²) in [6.07, 6.45) is 3.90. The second kappa shape index (κ2) is 6.48. The Labute approximate surface area is 118 Å². The number of aromatic nitrogens is 1. The number of rotatable bonds is 5. The first kappa shape index (κ1) is 13.7. The van der Waals surface area contributed by atoms with Gasteiger partial charge in [0.2, 0.25) is 0 Å². The van der Waals surface area contributed by atoms with Crippen molar-refractivity contribution in [1.29, 1.82) is 0 Å². The third-order valence-electron chi connectivity index (χ3n) is 2.94. The van der Waals surface area contributed by atoms with Gasteiger partial charge in [-0.25, -0.2) is 0 Å². The van der Waals surface area contributed by atoms with Crippen molar-refractivity contribution >= 4 is 28.5 Å². The first-order valence-corrected chi connectivity index (χ1v) is 6.88. The third-order valence-corrected chi connectivity index (χ3v) is 3.17. The Morgan fingerprint density at radius 1 is 1.47 bits per heavy atom. The molecule has 1 heterocycles. The van der Waals surface area contributed by atoms with Crippen molar-refractivity contribution in [2.45, 2.75) is 19.8 Å². The van der Waals surface area contributed by atoms with Crippen molar-refractivity contribution in [1.82, 2.24) is 10.3 Å². The number of hydrogen-bond acceptors (Lipinski definition) is 1. The molecule has 0 saturated heterocycles. The lowest BCUT2D eigenvalue weighted by atomic mass is 10.1. The number of aromatic amines is 1. The lowest BCUT2D eigenvalue weighted by molar-refractivity contribution is 0.842. The first-order valence-electron chi connectivity index (χ1n) is 6.50. The standard InChI is InChI=1S/C14H19ClN4/c1-2-6-17-14(16)18-7-5-10-9-19-13-4-3-11(15)8-12(10)13/h3-4,8-9,19H,2,5-7H2,1H3,(H3,16,17,18). The molecule has 5 heteroatoms. The second-order valence-corrected chi connectivity index (χ2v) is 4.88. The van der Waals surface area contributed by atoms with Gasteiger partial charge in [-0.1, -0.05) is 18.5 Å². The van der Waals surface area contributed by atoms with Gasteiger partial charge in [0.15, 0.2) is 5.96 Å². The highest BCUT2D eigenvalue weighted by molar-refractivity contribution is 6.31. The summed E-state index contributed by atoms with van der Waals surface area (Å²) < 4.78 is 0. The molecule has 0 aliphatic carbocycles. The Balaban J connectivity index is 1.96. The number of hydrogen-bond donors (Lipinski definition) is 3. The second-order valence-electron chi connectivity index (χ2n) is 4.45. The lowest BCUT2D eigenvalue weighted by Gasteiger charge is -2.05. The Kier molecular flexibility index (Phi) is 4.68. The molecule has 1 aromatic carbocycles. The van der Waals surface area contributed by atoms with Crippen LogP contribution in [0.1, 0.15) is 18.9 Å². The van der Waals surface area contributed by atoms with Gasteiger partial charge in [0.25, 0.3) is 0 Å². The molecule has 2 rings (SSSR count). The molecule has 0 fully saturated rings. The van der Waals surface area contributed by atoms with Crippen LogP contribution in [-0.2, 0) is 6.42 Å². The number of H-pyrrole nitrogens is 1. The van der Waals surface area contributed by atoms with E-state index < -0.39 is 0 Å². The number of benzene rings is 1. The predicted molar refractivity (Wildman–Crippen MR) is 81.8 cm³/mol. The zero-order valence-electron chi connectivity index (χ0n) is 11.0. The number of nitrogens with one attached hydrogen (secondary N) is 2. The Bertz CT molecular complexity index is 574. The van der Waals surface area contributed by atoms with Crippen LogP contribution in [0.25, 0.3) is 10.9 Å². The van der Waals surface area contributed by atoms with E-state index in [9.17, 15) is 0 Å². The van der Waals surface area contributed by atoms with Gasteiger partial charge in [0.1, 0.15) is 0 Å². The summed E-state index contributed by atoms with van der Waals surface area (Å²) in [7, 11) is 0.